The molecule has 0 aromatic carbocycles. The standard InChI is InChI=1S/C14H14N4OS2/c1-8(2)6-11-17-18-12(15)10(7-9-4-3-5-20-9)13(19)16-14(18)21-11/h3-5,7-8,15H,6H2,1-2H3. The molecule has 0 saturated heterocycles. The van der Waals surface area contributed by atoms with Gasteiger partial charge < -0.3 is 0 Å². The van der Waals surface area contributed by atoms with Gasteiger partial charge in [0, 0.05) is 11.3 Å². The van der Waals surface area contributed by atoms with Crippen LogP contribution in [-0.2, 0) is 4.79 Å². The van der Waals surface area contributed by atoms with Crippen LogP contribution in [0.2, 0.25) is 0 Å². The molecule has 2 aliphatic rings. The number of aliphatic imine (C=N–C) groups is 1. The zero-order chi connectivity index (χ0) is 15.0. The predicted molar refractivity (Wildman–Crippen MR) is 88.8 cm³/mol. The molecule has 0 aliphatic carbocycles. The van der Waals surface area contributed by atoms with E-state index in [1.165, 1.54) is 28.1 Å². The van der Waals surface area contributed by atoms with E-state index < -0.39 is 0 Å². The largest absolute Gasteiger partial charge is 0.283 e. The fourth-order valence-electron chi connectivity index (χ4n) is 1.98. The van der Waals surface area contributed by atoms with Crippen LogP contribution in [0.15, 0.2) is 33.2 Å². The Morgan fingerprint density at radius 3 is 2.95 bits per heavy atom. The van der Waals surface area contributed by atoms with E-state index in [2.05, 4.69) is 23.9 Å². The lowest BCUT2D eigenvalue weighted by atomic mass is 10.1. The van der Waals surface area contributed by atoms with E-state index in [-0.39, 0.29) is 17.3 Å². The number of hydrazone groups is 1. The first-order valence-electron chi connectivity index (χ1n) is 6.57. The second-order valence-electron chi connectivity index (χ2n) is 5.13. The summed E-state index contributed by atoms with van der Waals surface area (Å²) in [6.07, 6.45) is 2.53. The van der Waals surface area contributed by atoms with Gasteiger partial charge in [-0.25, -0.2) is 0 Å². The molecule has 1 aromatic heterocycles. The van der Waals surface area contributed by atoms with E-state index in [9.17, 15) is 4.79 Å². The van der Waals surface area contributed by atoms with Crippen LogP contribution in [-0.4, -0.2) is 27.0 Å². The molecule has 0 bridgehead atoms. The Balaban J connectivity index is 1.91. The van der Waals surface area contributed by atoms with Crippen molar-refractivity contribution in [1.82, 2.24) is 5.01 Å². The van der Waals surface area contributed by atoms with Gasteiger partial charge in [0.2, 0.25) is 5.17 Å². The third kappa shape index (κ3) is 2.84. The van der Waals surface area contributed by atoms with Crippen LogP contribution in [0.1, 0.15) is 25.1 Å². The zero-order valence-corrected chi connectivity index (χ0v) is 13.3. The summed E-state index contributed by atoms with van der Waals surface area (Å²) in [5.41, 5.74) is 0.288. The van der Waals surface area contributed by atoms with Crippen molar-refractivity contribution in [3.63, 3.8) is 0 Å². The minimum Gasteiger partial charge on any atom is -0.282 e. The normalized spacial score (nSPS) is 20.1. The Kier molecular flexibility index (Phi) is 3.77. The molecule has 7 heteroatoms. The van der Waals surface area contributed by atoms with Crippen molar-refractivity contribution in [1.29, 1.82) is 5.41 Å². The van der Waals surface area contributed by atoms with Crippen molar-refractivity contribution in [2.24, 2.45) is 16.0 Å². The highest BCUT2D eigenvalue weighted by Crippen LogP contribution is 2.30. The quantitative estimate of drug-likeness (QED) is 0.868. The molecule has 0 fully saturated rings. The van der Waals surface area contributed by atoms with Gasteiger partial charge in [-0.1, -0.05) is 19.9 Å². The van der Waals surface area contributed by atoms with Crippen LogP contribution in [0.3, 0.4) is 0 Å². The molecular formula is C14H14N4OS2. The van der Waals surface area contributed by atoms with Gasteiger partial charge in [0.25, 0.3) is 5.91 Å². The van der Waals surface area contributed by atoms with Crippen LogP contribution in [0, 0.1) is 11.3 Å². The molecule has 1 aromatic rings. The first-order chi connectivity index (χ1) is 10.0. The van der Waals surface area contributed by atoms with Crippen molar-refractivity contribution in [3.8, 4) is 0 Å². The molecule has 5 nitrogen and oxygen atoms in total. The van der Waals surface area contributed by atoms with Gasteiger partial charge in [0.05, 0.1) is 5.57 Å². The Labute approximate surface area is 131 Å². The molecular weight excluding hydrogens is 304 g/mol. The number of thiophene rings is 1. The second kappa shape index (κ2) is 5.57. The SMILES string of the molecule is CC(C)CC1=NN2C(=N)C(=Cc3cccs3)C(=O)N=C2S1. The maximum Gasteiger partial charge on any atom is 0.283 e. The smallest absolute Gasteiger partial charge is 0.282 e. The Hall–Kier alpha value is -1.73. The summed E-state index contributed by atoms with van der Waals surface area (Å²) < 4.78 is 0. The predicted octanol–water partition coefficient (Wildman–Crippen LogP) is 3.41. The van der Waals surface area contributed by atoms with Crippen LogP contribution >= 0.6 is 23.1 Å². The zero-order valence-electron chi connectivity index (χ0n) is 11.7. The summed E-state index contributed by atoms with van der Waals surface area (Å²) in [6.45, 7) is 4.22. The highest BCUT2D eigenvalue weighted by molar-refractivity contribution is 8.26. The summed E-state index contributed by atoms with van der Waals surface area (Å²) in [7, 11) is 0. The molecule has 2 aliphatic heterocycles. The molecule has 108 valence electrons. The molecule has 1 amide bonds. The maximum absolute atomic E-state index is 12.1. The summed E-state index contributed by atoms with van der Waals surface area (Å²) in [5, 5.41) is 17.4. The first kappa shape index (κ1) is 14.2. The number of fused-ring (bicyclic) bond motifs is 1. The van der Waals surface area contributed by atoms with Gasteiger partial charge in [-0.2, -0.15) is 15.1 Å². The Bertz CT molecular complexity index is 686. The maximum atomic E-state index is 12.1. The molecule has 3 heterocycles. The topological polar surface area (TPSA) is 68.9 Å². The van der Waals surface area contributed by atoms with Crippen LogP contribution < -0.4 is 0 Å². The lowest BCUT2D eigenvalue weighted by molar-refractivity contribution is -0.114. The summed E-state index contributed by atoms with van der Waals surface area (Å²) in [5.74, 6) is 0.210. The molecule has 0 spiro atoms. The molecule has 0 atom stereocenters. The van der Waals surface area contributed by atoms with Gasteiger partial charge in [-0.05, 0) is 35.2 Å². The number of amides is 1. The third-order valence-corrected chi connectivity index (χ3v) is 4.66. The van der Waals surface area contributed by atoms with Gasteiger partial charge in [-0.3, -0.25) is 10.2 Å². The van der Waals surface area contributed by atoms with Crippen molar-refractivity contribution in [2.45, 2.75) is 20.3 Å². The number of thioether (sulfide) groups is 1. The lowest BCUT2D eigenvalue weighted by Gasteiger charge is -2.19. The van der Waals surface area contributed by atoms with Crippen LogP contribution in [0.5, 0.6) is 0 Å². The van der Waals surface area contributed by atoms with Crippen molar-refractivity contribution < 1.29 is 4.79 Å². The van der Waals surface area contributed by atoms with Crippen LogP contribution in [0.25, 0.3) is 6.08 Å². The summed E-state index contributed by atoms with van der Waals surface area (Å²) >= 11 is 2.90. The lowest BCUT2D eigenvalue weighted by Crippen LogP contribution is -2.35. The van der Waals surface area contributed by atoms with Crippen molar-refractivity contribution in [3.05, 3.63) is 28.0 Å². The Morgan fingerprint density at radius 1 is 1.48 bits per heavy atom. The second-order valence-corrected chi connectivity index (χ2v) is 7.15. The molecule has 0 saturated carbocycles. The van der Waals surface area contributed by atoms with Gasteiger partial charge in [-0.15, -0.1) is 11.3 Å². The number of rotatable bonds is 3. The number of carbonyl (C=O) groups excluding carboxylic acids is 1. The highest BCUT2D eigenvalue weighted by atomic mass is 32.2. The molecule has 0 radical (unpaired) electrons. The number of amidine groups is 2. The fraction of sp³-hybridized carbons (Fsp3) is 0.286. The van der Waals surface area contributed by atoms with E-state index in [1.807, 2.05) is 17.5 Å². The number of carbonyl (C=O) groups is 1. The molecule has 1 N–H and O–H groups in total. The number of hydrogen-bond donors (Lipinski definition) is 1. The minimum atomic E-state index is -0.367. The summed E-state index contributed by atoms with van der Waals surface area (Å²) in [4.78, 5) is 17.1. The Morgan fingerprint density at radius 2 is 2.29 bits per heavy atom. The van der Waals surface area contributed by atoms with E-state index in [4.69, 9.17) is 5.41 Å². The van der Waals surface area contributed by atoms with Gasteiger partial charge in [0.15, 0.2) is 5.84 Å². The summed E-state index contributed by atoms with van der Waals surface area (Å²) in [6, 6.07) is 3.82. The number of nitrogens with zero attached hydrogens (tertiary/aromatic N) is 3. The van der Waals surface area contributed by atoms with Crippen LogP contribution in [0.4, 0.5) is 0 Å². The third-order valence-electron chi connectivity index (χ3n) is 2.91. The van der Waals surface area contributed by atoms with E-state index >= 15 is 0 Å². The molecule has 21 heavy (non-hydrogen) atoms. The van der Waals surface area contributed by atoms with Crippen molar-refractivity contribution >= 4 is 51.1 Å². The number of hydrogen-bond acceptors (Lipinski definition) is 5. The van der Waals surface area contributed by atoms with E-state index in [0.29, 0.717) is 11.1 Å². The average Bonchev–Trinajstić information content (AvgIpc) is 3.03. The fourth-order valence-corrected chi connectivity index (χ4v) is 3.73. The monoisotopic (exact) mass is 318 g/mol. The first-order valence-corrected chi connectivity index (χ1v) is 8.27. The van der Waals surface area contributed by atoms with E-state index in [1.54, 1.807) is 6.08 Å². The number of nitrogens with one attached hydrogen (secondary N) is 1. The van der Waals surface area contributed by atoms with Crippen molar-refractivity contribution in [2.75, 3.05) is 0 Å². The minimum absolute atomic E-state index is 0.102. The van der Waals surface area contributed by atoms with E-state index in [0.717, 1.165) is 16.3 Å². The molecule has 0 unspecified atom stereocenters. The van der Waals surface area contributed by atoms with Gasteiger partial charge in [0.1, 0.15) is 5.04 Å². The highest BCUT2D eigenvalue weighted by Gasteiger charge is 2.35. The molecule has 3 rings (SSSR count). The average molecular weight is 318 g/mol. The van der Waals surface area contributed by atoms with Gasteiger partial charge >= 0.3 is 0 Å².